The first-order valence-electron chi connectivity index (χ1n) is 6.20. The van der Waals surface area contributed by atoms with Crippen LogP contribution in [0.15, 0.2) is 0 Å². The number of carboxylic acids is 1. The normalized spacial score (nSPS) is 24.2. The highest BCUT2D eigenvalue weighted by molar-refractivity contribution is 5.73. The molecule has 17 heavy (non-hydrogen) atoms. The number of carboxylic acid groups (broad SMARTS) is 1. The van der Waals surface area contributed by atoms with Gasteiger partial charge in [0.15, 0.2) is 0 Å². The van der Waals surface area contributed by atoms with Gasteiger partial charge in [-0.3, -0.25) is 14.5 Å². The molecule has 0 aromatic carbocycles. The largest absolute Gasteiger partial charge is 0.480 e. The molecule has 0 saturated carbocycles. The van der Waals surface area contributed by atoms with Crippen molar-refractivity contribution in [3.63, 3.8) is 0 Å². The van der Waals surface area contributed by atoms with Crippen LogP contribution in [0.1, 0.15) is 26.2 Å². The fourth-order valence-corrected chi connectivity index (χ4v) is 2.99. The monoisotopic (exact) mass is 240 g/mol. The van der Waals surface area contributed by atoms with Crippen molar-refractivity contribution in [3.8, 4) is 0 Å². The average molecular weight is 240 g/mol. The predicted molar refractivity (Wildman–Crippen MR) is 62.6 cm³/mol. The number of likely N-dealkylation sites (tertiary alicyclic amines) is 2. The molecule has 2 saturated heterocycles. The van der Waals surface area contributed by atoms with Crippen molar-refractivity contribution in [2.24, 2.45) is 5.41 Å². The third-order valence-corrected chi connectivity index (χ3v) is 4.16. The van der Waals surface area contributed by atoms with E-state index in [1.807, 2.05) is 9.80 Å². The van der Waals surface area contributed by atoms with Crippen molar-refractivity contribution in [1.82, 2.24) is 9.80 Å². The Morgan fingerprint density at radius 2 is 1.76 bits per heavy atom. The van der Waals surface area contributed by atoms with Gasteiger partial charge in [0.05, 0.1) is 6.54 Å². The van der Waals surface area contributed by atoms with E-state index in [0.29, 0.717) is 0 Å². The van der Waals surface area contributed by atoms with E-state index < -0.39 is 5.97 Å². The second kappa shape index (κ2) is 4.64. The molecule has 1 amide bonds. The summed E-state index contributed by atoms with van der Waals surface area (Å²) in [6.45, 7) is 5.19. The molecule has 0 unspecified atom stereocenters. The number of amides is 1. The maximum atomic E-state index is 11.3. The second-order valence-corrected chi connectivity index (χ2v) is 5.36. The Morgan fingerprint density at radius 3 is 2.24 bits per heavy atom. The molecular formula is C12H20N2O3. The van der Waals surface area contributed by atoms with Crippen molar-refractivity contribution in [2.45, 2.75) is 26.2 Å². The molecule has 2 fully saturated rings. The van der Waals surface area contributed by atoms with Crippen LogP contribution < -0.4 is 0 Å². The van der Waals surface area contributed by atoms with Gasteiger partial charge in [0.25, 0.3) is 0 Å². The van der Waals surface area contributed by atoms with Gasteiger partial charge >= 0.3 is 5.97 Å². The smallest absolute Gasteiger partial charge is 0.317 e. The first kappa shape index (κ1) is 12.4. The summed E-state index contributed by atoms with van der Waals surface area (Å²) in [5.41, 5.74) is 0.265. The van der Waals surface area contributed by atoms with Crippen LogP contribution in [0.4, 0.5) is 0 Å². The molecule has 0 aliphatic carbocycles. The van der Waals surface area contributed by atoms with E-state index in [0.717, 1.165) is 45.4 Å². The van der Waals surface area contributed by atoms with Gasteiger partial charge in [-0.25, -0.2) is 0 Å². The van der Waals surface area contributed by atoms with Gasteiger partial charge in [0, 0.05) is 20.0 Å². The molecule has 96 valence electrons. The molecule has 0 aromatic rings. The lowest BCUT2D eigenvalue weighted by molar-refractivity contribution is -0.138. The summed E-state index contributed by atoms with van der Waals surface area (Å²) in [6, 6.07) is 0. The Labute approximate surface area is 101 Å². The molecule has 0 bridgehead atoms. The van der Waals surface area contributed by atoms with Crippen LogP contribution in [0.5, 0.6) is 0 Å². The van der Waals surface area contributed by atoms with Crippen LogP contribution >= 0.6 is 0 Å². The third-order valence-electron chi connectivity index (χ3n) is 4.16. The molecule has 0 aromatic heterocycles. The molecule has 1 N–H and O–H groups in total. The number of piperidine rings is 1. The van der Waals surface area contributed by atoms with Gasteiger partial charge in [-0.05, 0) is 37.8 Å². The Morgan fingerprint density at radius 1 is 1.18 bits per heavy atom. The maximum absolute atomic E-state index is 11.3. The van der Waals surface area contributed by atoms with Crippen molar-refractivity contribution >= 4 is 11.9 Å². The summed E-state index contributed by atoms with van der Waals surface area (Å²) in [6.07, 6.45) is 3.11. The van der Waals surface area contributed by atoms with Gasteiger partial charge in [-0.15, -0.1) is 0 Å². The highest BCUT2D eigenvalue weighted by atomic mass is 16.4. The average Bonchev–Trinajstić information content (AvgIpc) is 2.66. The summed E-state index contributed by atoms with van der Waals surface area (Å²) >= 11 is 0. The second-order valence-electron chi connectivity index (χ2n) is 5.36. The summed E-state index contributed by atoms with van der Waals surface area (Å²) in [7, 11) is 0. The molecule has 0 radical (unpaired) electrons. The predicted octanol–water partition coefficient (Wildman–Crippen LogP) is 0.405. The minimum absolute atomic E-state index is 0.145. The number of carbonyl (C=O) groups is 2. The molecule has 5 heteroatoms. The lowest BCUT2D eigenvalue weighted by Crippen LogP contribution is -2.43. The number of nitrogens with zero attached hydrogens (tertiary/aromatic N) is 2. The van der Waals surface area contributed by atoms with Crippen molar-refractivity contribution < 1.29 is 14.7 Å². The van der Waals surface area contributed by atoms with Gasteiger partial charge in [-0.2, -0.15) is 0 Å². The summed E-state index contributed by atoms with van der Waals surface area (Å²) in [4.78, 5) is 25.9. The molecule has 0 atom stereocenters. The van der Waals surface area contributed by atoms with E-state index in [1.54, 1.807) is 6.92 Å². The minimum atomic E-state index is -0.752. The Kier molecular flexibility index (Phi) is 3.38. The fraction of sp³-hybridized carbons (Fsp3) is 0.833. The topological polar surface area (TPSA) is 60.9 Å². The highest BCUT2D eigenvalue weighted by Gasteiger charge is 2.41. The van der Waals surface area contributed by atoms with E-state index in [9.17, 15) is 9.59 Å². The Hall–Kier alpha value is -1.10. The Balaban J connectivity index is 1.86. The van der Waals surface area contributed by atoms with Crippen molar-refractivity contribution in [2.75, 3.05) is 32.7 Å². The number of aliphatic carboxylic acids is 1. The molecule has 5 nitrogen and oxygen atoms in total. The summed E-state index contributed by atoms with van der Waals surface area (Å²) in [5, 5.41) is 8.74. The van der Waals surface area contributed by atoms with Crippen LogP contribution in [-0.2, 0) is 9.59 Å². The van der Waals surface area contributed by atoms with E-state index in [-0.39, 0.29) is 17.9 Å². The maximum Gasteiger partial charge on any atom is 0.317 e. The Bertz CT molecular complexity index is 322. The van der Waals surface area contributed by atoms with E-state index in [2.05, 4.69) is 0 Å². The highest BCUT2D eigenvalue weighted by Crippen LogP contribution is 2.40. The van der Waals surface area contributed by atoms with Crippen molar-refractivity contribution in [1.29, 1.82) is 0 Å². The number of rotatable bonds is 2. The van der Waals surface area contributed by atoms with Crippen LogP contribution in [-0.4, -0.2) is 59.5 Å². The molecule has 2 rings (SSSR count). The fourth-order valence-electron chi connectivity index (χ4n) is 2.99. The van der Waals surface area contributed by atoms with Gasteiger partial charge in [0.2, 0.25) is 5.91 Å². The third kappa shape index (κ3) is 2.77. The van der Waals surface area contributed by atoms with E-state index in [4.69, 9.17) is 5.11 Å². The quantitative estimate of drug-likeness (QED) is 0.759. The van der Waals surface area contributed by atoms with Crippen LogP contribution in [0.2, 0.25) is 0 Å². The number of hydrogen-bond donors (Lipinski definition) is 1. The number of carbonyl (C=O) groups excluding carboxylic acids is 1. The summed E-state index contributed by atoms with van der Waals surface area (Å²) in [5.74, 6) is -0.590. The van der Waals surface area contributed by atoms with E-state index >= 15 is 0 Å². The van der Waals surface area contributed by atoms with E-state index in [1.165, 1.54) is 0 Å². The molecule has 2 aliphatic rings. The molecule has 2 heterocycles. The standard InChI is InChI=1S/C12H20N2O3/c1-10(15)14-7-4-12(9-14)2-5-13(6-3-12)8-11(16)17/h2-9H2,1H3,(H,16,17). The first-order chi connectivity index (χ1) is 8.01. The SMILES string of the molecule is CC(=O)N1CCC2(CCN(CC(=O)O)CC2)C1. The lowest BCUT2D eigenvalue weighted by Gasteiger charge is -2.38. The van der Waals surface area contributed by atoms with Crippen LogP contribution in [0, 0.1) is 5.41 Å². The van der Waals surface area contributed by atoms with Gasteiger partial charge in [0.1, 0.15) is 0 Å². The summed E-state index contributed by atoms with van der Waals surface area (Å²) < 4.78 is 0. The van der Waals surface area contributed by atoms with Crippen LogP contribution in [0.25, 0.3) is 0 Å². The zero-order chi connectivity index (χ0) is 12.5. The zero-order valence-electron chi connectivity index (χ0n) is 10.3. The molecule has 2 aliphatic heterocycles. The van der Waals surface area contributed by atoms with Gasteiger partial charge < -0.3 is 10.0 Å². The van der Waals surface area contributed by atoms with Gasteiger partial charge in [-0.1, -0.05) is 0 Å². The molecule has 1 spiro atoms. The first-order valence-corrected chi connectivity index (χ1v) is 6.20. The van der Waals surface area contributed by atoms with Crippen molar-refractivity contribution in [3.05, 3.63) is 0 Å². The van der Waals surface area contributed by atoms with Crippen LogP contribution in [0.3, 0.4) is 0 Å². The zero-order valence-corrected chi connectivity index (χ0v) is 10.3. The molecular weight excluding hydrogens is 220 g/mol. The lowest BCUT2D eigenvalue weighted by atomic mass is 9.78. The number of hydrogen-bond acceptors (Lipinski definition) is 3. The minimum Gasteiger partial charge on any atom is -0.480 e.